The van der Waals surface area contributed by atoms with Gasteiger partial charge >= 0.3 is 0 Å². The molecule has 30 heavy (non-hydrogen) atoms. The molecule has 0 bridgehead atoms. The number of aromatic nitrogens is 5. The maximum atomic E-state index is 13.7. The third-order valence-electron chi connectivity index (χ3n) is 4.40. The van der Waals surface area contributed by atoms with Crippen molar-refractivity contribution < 1.29 is 9.13 Å². The lowest BCUT2D eigenvalue weighted by Crippen LogP contribution is -2.08. The van der Waals surface area contributed by atoms with Crippen LogP contribution in [0.1, 0.15) is 11.7 Å². The molecule has 0 spiro atoms. The molecule has 0 radical (unpaired) electrons. The lowest BCUT2D eigenvalue weighted by Gasteiger charge is -2.11. The van der Waals surface area contributed by atoms with Crippen molar-refractivity contribution in [3.63, 3.8) is 0 Å². The molecule has 0 aliphatic carbocycles. The number of halogens is 2. The van der Waals surface area contributed by atoms with Gasteiger partial charge in [0.05, 0.1) is 11.3 Å². The van der Waals surface area contributed by atoms with Crippen molar-refractivity contribution in [2.75, 3.05) is 6.54 Å². The van der Waals surface area contributed by atoms with Gasteiger partial charge < -0.3 is 10.5 Å². The Kier molecular flexibility index (Phi) is 5.69. The van der Waals surface area contributed by atoms with Crippen LogP contribution in [0.2, 0.25) is 5.02 Å². The SMILES string of the molecule is Cn1nc(-c2ccccn2)cc1Oc1cc(Cl)ccc1-c1ncc([C@@H](F)CN)cn1. The minimum absolute atomic E-state index is 0.128. The van der Waals surface area contributed by atoms with Crippen LogP contribution in [0.3, 0.4) is 0 Å². The molecule has 0 aliphatic heterocycles. The first-order chi connectivity index (χ1) is 14.5. The lowest BCUT2D eigenvalue weighted by atomic mass is 10.1. The van der Waals surface area contributed by atoms with E-state index < -0.39 is 6.17 Å². The fourth-order valence-electron chi connectivity index (χ4n) is 2.84. The van der Waals surface area contributed by atoms with Gasteiger partial charge in [0.1, 0.15) is 17.6 Å². The molecule has 3 aromatic heterocycles. The molecule has 9 heteroatoms. The standard InChI is InChI=1S/C21H18ClFN6O/c1-29-20(9-18(28-29)17-4-2-3-7-25-17)30-19-8-14(22)5-6-15(19)21-26-11-13(12-27-21)16(23)10-24/h2-9,11-12,16H,10,24H2,1H3/t16-/m0/s1. The van der Waals surface area contributed by atoms with Crippen molar-refractivity contribution in [1.82, 2.24) is 24.7 Å². The first-order valence-corrected chi connectivity index (χ1v) is 9.52. The van der Waals surface area contributed by atoms with Gasteiger partial charge in [-0.1, -0.05) is 17.7 Å². The number of aryl methyl sites for hydroxylation is 1. The largest absolute Gasteiger partial charge is 0.438 e. The van der Waals surface area contributed by atoms with E-state index in [1.807, 2.05) is 18.2 Å². The third kappa shape index (κ3) is 4.14. The smallest absolute Gasteiger partial charge is 0.218 e. The van der Waals surface area contributed by atoms with Gasteiger partial charge in [0.2, 0.25) is 5.88 Å². The summed E-state index contributed by atoms with van der Waals surface area (Å²) in [5.74, 6) is 1.31. The molecule has 1 aromatic carbocycles. The minimum Gasteiger partial charge on any atom is -0.438 e. The zero-order valence-electron chi connectivity index (χ0n) is 16.0. The van der Waals surface area contributed by atoms with E-state index in [4.69, 9.17) is 22.1 Å². The van der Waals surface area contributed by atoms with E-state index in [0.717, 1.165) is 5.69 Å². The van der Waals surface area contributed by atoms with Gasteiger partial charge in [-0.15, -0.1) is 0 Å². The third-order valence-corrected chi connectivity index (χ3v) is 4.64. The number of alkyl halides is 1. The Morgan fingerprint density at radius 3 is 2.60 bits per heavy atom. The Morgan fingerprint density at radius 2 is 1.90 bits per heavy atom. The Bertz CT molecular complexity index is 1150. The maximum absolute atomic E-state index is 13.7. The van der Waals surface area contributed by atoms with E-state index in [-0.39, 0.29) is 6.54 Å². The quantitative estimate of drug-likeness (QED) is 0.494. The van der Waals surface area contributed by atoms with Crippen molar-refractivity contribution in [1.29, 1.82) is 0 Å². The van der Waals surface area contributed by atoms with Crippen molar-refractivity contribution >= 4 is 11.6 Å². The molecule has 4 aromatic rings. The van der Waals surface area contributed by atoms with Gasteiger partial charge in [-0.25, -0.2) is 19.0 Å². The summed E-state index contributed by atoms with van der Waals surface area (Å²) < 4.78 is 21.4. The highest BCUT2D eigenvalue weighted by Crippen LogP contribution is 2.35. The molecule has 0 saturated carbocycles. The Hall–Kier alpha value is -3.36. The second-order valence-corrected chi connectivity index (χ2v) is 6.93. The molecule has 1 atom stereocenters. The van der Waals surface area contributed by atoms with Gasteiger partial charge in [0.15, 0.2) is 5.82 Å². The molecule has 152 valence electrons. The second kappa shape index (κ2) is 8.56. The summed E-state index contributed by atoms with van der Waals surface area (Å²) >= 11 is 6.18. The Balaban J connectivity index is 1.67. The molecular formula is C21H18ClFN6O. The summed E-state index contributed by atoms with van der Waals surface area (Å²) in [6.45, 7) is -0.128. The molecule has 0 amide bonds. The average Bonchev–Trinajstić information content (AvgIpc) is 3.14. The monoisotopic (exact) mass is 424 g/mol. The molecule has 7 nitrogen and oxygen atoms in total. The topological polar surface area (TPSA) is 91.7 Å². The van der Waals surface area contributed by atoms with Crippen LogP contribution in [0.4, 0.5) is 4.39 Å². The van der Waals surface area contributed by atoms with Gasteiger partial charge in [-0.05, 0) is 24.3 Å². The van der Waals surface area contributed by atoms with Gasteiger partial charge in [0.25, 0.3) is 0 Å². The first-order valence-electron chi connectivity index (χ1n) is 9.14. The van der Waals surface area contributed by atoms with E-state index in [0.29, 0.717) is 39.3 Å². The predicted octanol–water partition coefficient (Wildman–Crippen LogP) is 4.35. The highest BCUT2D eigenvalue weighted by atomic mass is 35.5. The Labute approximate surface area is 177 Å². The number of ether oxygens (including phenoxy) is 1. The molecule has 0 fully saturated rings. The zero-order valence-corrected chi connectivity index (χ0v) is 16.8. The summed E-state index contributed by atoms with van der Waals surface area (Å²) in [4.78, 5) is 12.8. The molecule has 0 saturated heterocycles. The number of nitrogens with zero attached hydrogens (tertiary/aromatic N) is 5. The maximum Gasteiger partial charge on any atom is 0.218 e. The summed E-state index contributed by atoms with van der Waals surface area (Å²) in [6.07, 6.45) is 3.23. The van der Waals surface area contributed by atoms with Crippen LogP contribution in [0.5, 0.6) is 11.6 Å². The number of rotatable bonds is 6. The number of hydrogen-bond acceptors (Lipinski definition) is 6. The van der Waals surface area contributed by atoms with Gasteiger partial charge in [-0.3, -0.25) is 4.98 Å². The fourth-order valence-corrected chi connectivity index (χ4v) is 3.00. The van der Waals surface area contributed by atoms with Gasteiger partial charge in [-0.2, -0.15) is 5.10 Å². The van der Waals surface area contributed by atoms with Crippen LogP contribution < -0.4 is 10.5 Å². The molecule has 2 N–H and O–H groups in total. The number of hydrogen-bond donors (Lipinski definition) is 1. The summed E-state index contributed by atoms with van der Waals surface area (Å²) in [7, 11) is 1.77. The summed E-state index contributed by atoms with van der Waals surface area (Å²) in [5, 5.41) is 4.94. The van der Waals surface area contributed by atoms with E-state index >= 15 is 0 Å². The molecule has 0 unspecified atom stereocenters. The number of benzene rings is 1. The minimum atomic E-state index is -1.31. The van der Waals surface area contributed by atoms with Crippen LogP contribution in [0, 0.1) is 0 Å². The molecule has 3 heterocycles. The predicted molar refractivity (Wildman–Crippen MR) is 112 cm³/mol. The lowest BCUT2D eigenvalue weighted by molar-refractivity contribution is 0.351. The molecule has 0 aliphatic rings. The van der Waals surface area contributed by atoms with E-state index in [1.165, 1.54) is 12.4 Å². The Morgan fingerprint density at radius 1 is 1.10 bits per heavy atom. The second-order valence-electron chi connectivity index (χ2n) is 6.49. The van der Waals surface area contributed by atoms with Crippen molar-refractivity contribution in [3.8, 4) is 34.4 Å². The molecular weight excluding hydrogens is 407 g/mol. The molecule has 4 rings (SSSR count). The van der Waals surface area contributed by atoms with Crippen LogP contribution in [-0.4, -0.2) is 31.3 Å². The van der Waals surface area contributed by atoms with E-state index in [1.54, 1.807) is 42.2 Å². The zero-order chi connectivity index (χ0) is 21.1. The average molecular weight is 425 g/mol. The highest BCUT2D eigenvalue weighted by molar-refractivity contribution is 6.30. The van der Waals surface area contributed by atoms with Crippen LogP contribution in [0.25, 0.3) is 22.8 Å². The van der Waals surface area contributed by atoms with E-state index in [2.05, 4.69) is 20.1 Å². The normalized spacial score (nSPS) is 12.0. The van der Waals surface area contributed by atoms with Crippen molar-refractivity contribution in [2.45, 2.75) is 6.17 Å². The highest BCUT2D eigenvalue weighted by Gasteiger charge is 2.16. The van der Waals surface area contributed by atoms with E-state index in [9.17, 15) is 4.39 Å². The number of pyridine rings is 1. The van der Waals surface area contributed by atoms with Crippen LogP contribution >= 0.6 is 11.6 Å². The summed E-state index contributed by atoms with van der Waals surface area (Å²) in [5.41, 5.74) is 7.69. The van der Waals surface area contributed by atoms with Crippen molar-refractivity contribution in [2.24, 2.45) is 12.8 Å². The van der Waals surface area contributed by atoms with Crippen molar-refractivity contribution in [3.05, 3.63) is 71.6 Å². The fraction of sp³-hybridized carbons (Fsp3) is 0.143. The van der Waals surface area contributed by atoms with Gasteiger partial charge in [0, 0.05) is 54.9 Å². The van der Waals surface area contributed by atoms with Crippen LogP contribution in [0.15, 0.2) is 61.1 Å². The first kappa shape index (κ1) is 19.9. The number of nitrogens with two attached hydrogens (primary N) is 1. The van der Waals surface area contributed by atoms with Crippen LogP contribution in [-0.2, 0) is 7.05 Å². The summed E-state index contributed by atoms with van der Waals surface area (Å²) in [6, 6.07) is 12.5.